The summed E-state index contributed by atoms with van der Waals surface area (Å²) in [5, 5.41) is 3.20. The summed E-state index contributed by atoms with van der Waals surface area (Å²) in [6.07, 6.45) is 0. The molecule has 172 valence electrons. The number of amides is 1. The molecule has 9 heteroatoms. The average Bonchev–Trinajstić information content (AvgIpc) is 3.26. The van der Waals surface area contributed by atoms with Crippen molar-refractivity contribution in [2.45, 2.75) is 25.3 Å². The van der Waals surface area contributed by atoms with Gasteiger partial charge in [0.2, 0.25) is 12.7 Å². The minimum atomic E-state index is -4.02. The lowest BCUT2D eigenvalue weighted by molar-refractivity contribution is -0.119. The number of sulfonamides is 1. The third-order valence-corrected chi connectivity index (χ3v) is 7.51. The third kappa shape index (κ3) is 4.91. The normalized spacial score (nSPS) is 12.5. The highest BCUT2D eigenvalue weighted by molar-refractivity contribution is 7.92. The monoisotopic (exact) mass is 486 g/mol. The number of halogens is 1. The van der Waals surface area contributed by atoms with Gasteiger partial charge < -0.3 is 14.8 Å². The van der Waals surface area contributed by atoms with Crippen LogP contribution in [0.5, 0.6) is 11.5 Å². The summed E-state index contributed by atoms with van der Waals surface area (Å²) in [5.41, 5.74) is 2.65. The number of nitrogens with one attached hydrogen (secondary N) is 1. The molecule has 1 amide bonds. The Labute approximate surface area is 197 Å². The van der Waals surface area contributed by atoms with Crippen LogP contribution in [0.3, 0.4) is 0 Å². The summed E-state index contributed by atoms with van der Waals surface area (Å²) < 4.78 is 38.8. The molecule has 0 bridgehead atoms. The van der Waals surface area contributed by atoms with Gasteiger partial charge in [-0.3, -0.25) is 9.10 Å². The maximum Gasteiger partial charge on any atom is 0.264 e. The van der Waals surface area contributed by atoms with E-state index in [2.05, 4.69) is 5.32 Å². The number of hydrogen-bond acceptors (Lipinski definition) is 5. The molecule has 0 fully saturated rings. The van der Waals surface area contributed by atoms with Crippen molar-refractivity contribution < 1.29 is 22.7 Å². The molecule has 1 aliphatic heterocycles. The number of rotatable bonds is 7. The van der Waals surface area contributed by atoms with Gasteiger partial charge in [0.05, 0.1) is 10.6 Å². The first-order chi connectivity index (χ1) is 15.8. The molecule has 3 aromatic carbocycles. The van der Waals surface area contributed by atoms with E-state index in [1.807, 2.05) is 13.0 Å². The maximum atomic E-state index is 13.5. The second kappa shape index (κ2) is 9.33. The number of hydrogen-bond donors (Lipinski definition) is 1. The van der Waals surface area contributed by atoms with Crippen molar-refractivity contribution in [3.63, 3.8) is 0 Å². The molecule has 0 aromatic heterocycles. The molecule has 7 nitrogen and oxygen atoms in total. The lowest BCUT2D eigenvalue weighted by Gasteiger charge is -2.26. The van der Waals surface area contributed by atoms with E-state index in [0.29, 0.717) is 27.8 Å². The van der Waals surface area contributed by atoms with Crippen molar-refractivity contribution in [2.24, 2.45) is 0 Å². The SMILES string of the molecule is Cc1ccc(S(=O)(=O)N(CC(=O)NCc2ccc3c(c2)OCO3)c2cccc(Cl)c2C)cc1. The second-order valence-corrected chi connectivity index (χ2v) is 9.94. The summed E-state index contributed by atoms with van der Waals surface area (Å²) in [5.74, 6) is 0.805. The van der Waals surface area contributed by atoms with E-state index in [9.17, 15) is 13.2 Å². The Hall–Kier alpha value is -3.23. The number of carbonyl (C=O) groups is 1. The summed E-state index contributed by atoms with van der Waals surface area (Å²) in [4.78, 5) is 12.9. The largest absolute Gasteiger partial charge is 0.454 e. The topological polar surface area (TPSA) is 84.9 Å². The summed E-state index contributed by atoms with van der Waals surface area (Å²) in [6, 6.07) is 16.8. The van der Waals surface area contributed by atoms with Gasteiger partial charge in [-0.15, -0.1) is 0 Å². The molecule has 0 saturated carbocycles. The zero-order valence-electron chi connectivity index (χ0n) is 18.2. The molecule has 1 N–H and O–H groups in total. The molecule has 0 spiro atoms. The Morgan fingerprint density at radius 2 is 1.76 bits per heavy atom. The molecular weight excluding hydrogens is 464 g/mol. The number of aryl methyl sites for hydroxylation is 1. The van der Waals surface area contributed by atoms with Crippen LogP contribution in [0.2, 0.25) is 5.02 Å². The number of carbonyl (C=O) groups excluding carboxylic acids is 1. The zero-order chi connectivity index (χ0) is 23.6. The van der Waals surface area contributed by atoms with E-state index < -0.39 is 22.5 Å². The second-order valence-electron chi connectivity index (χ2n) is 7.67. The van der Waals surface area contributed by atoms with Crippen LogP contribution in [0.4, 0.5) is 5.69 Å². The Balaban J connectivity index is 1.58. The highest BCUT2D eigenvalue weighted by Crippen LogP contribution is 2.33. The number of fused-ring (bicyclic) bond motifs is 1. The summed E-state index contributed by atoms with van der Waals surface area (Å²) in [6.45, 7) is 3.57. The molecule has 0 radical (unpaired) electrons. The van der Waals surface area contributed by atoms with Gasteiger partial charge in [-0.05, 0) is 61.4 Å². The minimum absolute atomic E-state index is 0.0936. The molecule has 0 unspecified atom stereocenters. The first-order valence-corrected chi connectivity index (χ1v) is 12.1. The number of anilines is 1. The zero-order valence-corrected chi connectivity index (χ0v) is 19.7. The molecule has 1 heterocycles. The quantitative estimate of drug-likeness (QED) is 0.541. The number of nitrogens with zero attached hydrogens (tertiary/aromatic N) is 1. The van der Waals surface area contributed by atoms with E-state index in [-0.39, 0.29) is 18.2 Å². The Morgan fingerprint density at radius 3 is 2.52 bits per heavy atom. The van der Waals surface area contributed by atoms with Gasteiger partial charge >= 0.3 is 0 Å². The van der Waals surface area contributed by atoms with Crippen molar-refractivity contribution in [3.05, 3.63) is 82.4 Å². The van der Waals surface area contributed by atoms with Gasteiger partial charge in [-0.25, -0.2) is 8.42 Å². The van der Waals surface area contributed by atoms with Crippen LogP contribution in [0, 0.1) is 13.8 Å². The van der Waals surface area contributed by atoms with E-state index >= 15 is 0 Å². The van der Waals surface area contributed by atoms with Gasteiger partial charge in [0.25, 0.3) is 10.0 Å². The van der Waals surface area contributed by atoms with Crippen LogP contribution in [0.25, 0.3) is 0 Å². The first-order valence-electron chi connectivity index (χ1n) is 10.3. The van der Waals surface area contributed by atoms with Crippen LogP contribution >= 0.6 is 11.6 Å². The predicted molar refractivity (Wildman–Crippen MR) is 126 cm³/mol. The van der Waals surface area contributed by atoms with Crippen LogP contribution in [-0.4, -0.2) is 27.7 Å². The van der Waals surface area contributed by atoms with E-state index in [0.717, 1.165) is 15.4 Å². The standard InChI is InChI=1S/C24H23ClN2O5S/c1-16-6-9-19(10-7-16)33(29,30)27(21-5-3-4-20(25)17(21)2)14-24(28)26-13-18-8-11-22-23(12-18)32-15-31-22/h3-12H,13-15H2,1-2H3,(H,26,28). The van der Waals surface area contributed by atoms with E-state index in [1.165, 1.54) is 12.1 Å². The van der Waals surface area contributed by atoms with Crippen molar-refractivity contribution in [1.82, 2.24) is 5.32 Å². The van der Waals surface area contributed by atoms with Crippen molar-refractivity contribution in [2.75, 3.05) is 17.6 Å². The van der Waals surface area contributed by atoms with E-state index in [1.54, 1.807) is 49.4 Å². The van der Waals surface area contributed by atoms with Gasteiger partial charge in [-0.2, -0.15) is 0 Å². The number of benzene rings is 3. The third-order valence-electron chi connectivity index (χ3n) is 5.33. The Morgan fingerprint density at radius 1 is 1.03 bits per heavy atom. The minimum Gasteiger partial charge on any atom is -0.454 e. The first kappa shape index (κ1) is 22.9. The fourth-order valence-corrected chi connectivity index (χ4v) is 5.09. The molecule has 0 aliphatic carbocycles. The summed E-state index contributed by atoms with van der Waals surface area (Å²) >= 11 is 6.25. The smallest absolute Gasteiger partial charge is 0.264 e. The van der Waals surface area contributed by atoms with Gasteiger partial charge in [0.15, 0.2) is 11.5 Å². The van der Waals surface area contributed by atoms with Crippen LogP contribution < -0.4 is 19.1 Å². The van der Waals surface area contributed by atoms with Crippen LogP contribution in [0.1, 0.15) is 16.7 Å². The van der Waals surface area contributed by atoms with Gasteiger partial charge in [-0.1, -0.05) is 41.4 Å². The Bertz CT molecular complexity index is 1290. The maximum absolute atomic E-state index is 13.5. The highest BCUT2D eigenvalue weighted by atomic mass is 35.5. The molecule has 0 atom stereocenters. The average molecular weight is 487 g/mol. The number of ether oxygens (including phenoxy) is 2. The summed E-state index contributed by atoms with van der Waals surface area (Å²) in [7, 11) is -4.02. The molecule has 4 rings (SSSR count). The molecule has 1 aliphatic rings. The fourth-order valence-electron chi connectivity index (χ4n) is 3.44. The fraction of sp³-hybridized carbons (Fsp3) is 0.208. The van der Waals surface area contributed by atoms with Crippen molar-refractivity contribution in [1.29, 1.82) is 0 Å². The van der Waals surface area contributed by atoms with Gasteiger partial charge in [0.1, 0.15) is 6.54 Å². The molecular formula is C24H23ClN2O5S. The Kier molecular flexibility index (Phi) is 6.49. The lowest BCUT2D eigenvalue weighted by Crippen LogP contribution is -2.41. The van der Waals surface area contributed by atoms with E-state index in [4.69, 9.17) is 21.1 Å². The molecule has 0 saturated heterocycles. The highest BCUT2D eigenvalue weighted by Gasteiger charge is 2.28. The van der Waals surface area contributed by atoms with Crippen molar-refractivity contribution in [3.8, 4) is 11.5 Å². The van der Waals surface area contributed by atoms with Crippen LogP contribution in [-0.2, 0) is 21.4 Å². The van der Waals surface area contributed by atoms with Crippen molar-refractivity contribution >= 4 is 33.2 Å². The molecule has 33 heavy (non-hydrogen) atoms. The lowest BCUT2D eigenvalue weighted by atomic mass is 10.2. The van der Waals surface area contributed by atoms with Gasteiger partial charge in [0, 0.05) is 11.6 Å². The predicted octanol–water partition coefficient (Wildman–Crippen LogP) is 4.20. The molecule has 3 aromatic rings. The van der Waals surface area contributed by atoms with Crippen LogP contribution in [0.15, 0.2) is 65.6 Å².